The highest BCUT2D eigenvalue weighted by Gasteiger charge is 2.26. The van der Waals surface area contributed by atoms with E-state index in [2.05, 4.69) is 0 Å². The third kappa shape index (κ3) is 11.1. The Morgan fingerprint density at radius 1 is 0.920 bits per heavy atom. The van der Waals surface area contributed by atoms with E-state index in [9.17, 15) is 25.2 Å². The van der Waals surface area contributed by atoms with Gasteiger partial charge in [-0.1, -0.05) is 57.2 Å². The number of rotatable bonds is 12. The lowest BCUT2D eigenvalue weighted by molar-refractivity contribution is -0.120. The fraction of sp³-hybridized carbons (Fsp3) is 0.650. The summed E-state index contributed by atoms with van der Waals surface area (Å²) in [5.74, 6) is -0.472. The monoisotopic (exact) mass is 354 g/mol. The van der Waals surface area contributed by atoms with Gasteiger partial charge in [-0.15, -0.1) is 0 Å². The zero-order valence-electron chi connectivity index (χ0n) is 15.7. The van der Waals surface area contributed by atoms with E-state index in [1.54, 1.807) is 51.2 Å². The molecule has 0 aliphatic rings. The molecule has 0 bridgehead atoms. The number of aliphatic hydroxyl groups is 4. The van der Waals surface area contributed by atoms with Crippen molar-refractivity contribution in [2.24, 2.45) is 11.8 Å². The summed E-state index contributed by atoms with van der Waals surface area (Å²) in [5, 5.41) is 39.1. The van der Waals surface area contributed by atoms with Gasteiger partial charge in [-0.3, -0.25) is 4.79 Å². The van der Waals surface area contributed by atoms with E-state index in [4.69, 9.17) is 0 Å². The summed E-state index contributed by atoms with van der Waals surface area (Å²) < 4.78 is 0. The van der Waals surface area contributed by atoms with Gasteiger partial charge >= 0.3 is 0 Å². The largest absolute Gasteiger partial charge is 0.393 e. The van der Waals surface area contributed by atoms with Crippen molar-refractivity contribution in [1.29, 1.82) is 0 Å². The molecule has 0 aromatic carbocycles. The second kappa shape index (κ2) is 13.0. The maximum absolute atomic E-state index is 11.2. The van der Waals surface area contributed by atoms with Gasteiger partial charge in [0.2, 0.25) is 0 Å². The third-order valence-electron chi connectivity index (χ3n) is 4.18. The van der Waals surface area contributed by atoms with Gasteiger partial charge in [-0.05, 0) is 13.3 Å². The zero-order chi connectivity index (χ0) is 19.4. The Bertz CT molecular complexity index is 453. The molecule has 0 aromatic heterocycles. The lowest BCUT2D eigenvalue weighted by Gasteiger charge is -2.27. The van der Waals surface area contributed by atoms with Crippen molar-refractivity contribution in [2.75, 3.05) is 0 Å². The molecule has 0 amide bonds. The molecule has 0 rings (SSSR count). The molecule has 4 N–H and O–H groups in total. The highest BCUT2D eigenvalue weighted by Crippen LogP contribution is 2.20. The van der Waals surface area contributed by atoms with Crippen LogP contribution in [0.25, 0.3) is 0 Å². The van der Waals surface area contributed by atoms with E-state index in [1.165, 1.54) is 0 Å². The summed E-state index contributed by atoms with van der Waals surface area (Å²) in [4.78, 5) is 11.2. The van der Waals surface area contributed by atoms with Gasteiger partial charge in [0.15, 0.2) is 0 Å². The molecule has 0 saturated carbocycles. The number of Topliss-reactive ketones (excluding diaryl/α,β-unsaturated/α-hetero) is 1. The Kier molecular flexibility index (Phi) is 12.3. The quantitative estimate of drug-likeness (QED) is 0.403. The van der Waals surface area contributed by atoms with Gasteiger partial charge in [-0.25, -0.2) is 0 Å². The molecule has 5 heteroatoms. The van der Waals surface area contributed by atoms with Crippen molar-refractivity contribution < 1.29 is 25.2 Å². The van der Waals surface area contributed by atoms with E-state index < -0.39 is 24.4 Å². The van der Waals surface area contributed by atoms with E-state index in [-0.39, 0.29) is 30.5 Å². The van der Waals surface area contributed by atoms with E-state index in [0.29, 0.717) is 6.42 Å². The fourth-order valence-corrected chi connectivity index (χ4v) is 2.39. The minimum Gasteiger partial charge on any atom is -0.393 e. The first-order chi connectivity index (χ1) is 11.7. The first-order valence-electron chi connectivity index (χ1n) is 8.94. The predicted octanol–water partition coefficient (Wildman–Crippen LogP) is 2.15. The molecule has 0 heterocycles. The maximum Gasteiger partial charge on any atom is 0.135 e. The van der Waals surface area contributed by atoms with Crippen LogP contribution in [0.2, 0.25) is 0 Å². The molecule has 6 atom stereocenters. The Balaban J connectivity index is 4.36. The number of allylic oxidation sites excluding steroid dienone is 4. The van der Waals surface area contributed by atoms with Crippen LogP contribution >= 0.6 is 0 Å². The second-order valence-electron chi connectivity index (χ2n) is 6.68. The Hall–Kier alpha value is -1.27. The van der Waals surface area contributed by atoms with Gasteiger partial charge in [0.25, 0.3) is 0 Å². The fourth-order valence-electron chi connectivity index (χ4n) is 2.39. The minimum atomic E-state index is -0.766. The van der Waals surface area contributed by atoms with Crippen LogP contribution in [0.1, 0.15) is 47.0 Å². The molecular weight excluding hydrogens is 320 g/mol. The van der Waals surface area contributed by atoms with Crippen LogP contribution in [0.3, 0.4) is 0 Å². The zero-order valence-corrected chi connectivity index (χ0v) is 15.7. The summed E-state index contributed by atoms with van der Waals surface area (Å²) >= 11 is 0. The van der Waals surface area contributed by atoms with Crippen LogP contribution in [-0.2, 0) is 4.79 Å². The second-order valence-corrected chi connectivity index (χ2v) is 6.68. The summed E-state index contributed by atoms with van der Waals surface area (Å²) in [6.07, 6.45) is 8.32. The van der Waals surface area contributed by atoms with E-state index in [1.807, 2.05) is 13.0 Å². The molecule has 0 saturated heterocycles. The lowest BCUT2D eigenvalue weighted by Crippen LogP contribution is -2.35. The third-order valence-corrected chi connectivity index (χ3v) is 4.18. The van der Waals surface area contributed by atoms with Crippen molar-refractivity contribution in [2.45, 2.75) is 71.4 Å². The van der Waals surface area contributed by atoms with Crippen LogP contribution in [0.5, 0.6) is 0 Å². The summed E-state index contributed by atoms with van der Waals surface area (Å²) in [6.45, 7) is 7.00. The topological polar surface area (TPSA) is 98.0 Å². The van der Waals surface area contributed by atoms with Gasteiger partial charge in [0.1, 0.15) is 5.78 Å². The number of hydrogen-bond donors (Lipinski definition) is 4. The molecule has 5 nitrogen and oxygen atoms in total. The van der Waals surface area contributed by atoms with Crippen molar-refractivity contribution >= 4 is 5.78 Å². The molecule has 0 fully saturated rings. The van der Waals surface area contributed by atoms with Crippen LogP contribution < -0.4 is 0 Å². The number of ketones is 1. The number of aliphatic hydroxyl groups excluding tert-OH is 4. The molecule has 25 heavy (non-hydrogen) atoms. The van der Waals surface area contributed by atoms with Gasteiger partial charge in [0.05, 0.1) is 24.4 Å². The molecular formula is C20H34O5. The summed E-state index contributed by atoms with van der Waals surface area (Å²) in [6, 6.07) is 0. The molecule has 0 spiro atoms. The van der Waals surface area contributed by atoms with Gasteiger partial charge in [0, 0.05) is 24.7 Å². The number of carbonyl (C=O) groups is 1. The molecule has 0 aromatic rings. The van der Waals surface area contributed by atoms with Crippen LogP contribution in [0.4, 0.5) is 0 Å². The maximum atomic E-state index is 11.2. The average Bonchev–Trinajstić information content (AvgIpc) is 2.55. The molecule has 0 radical (unpaired) electrons. The minimum absolute atomic E-state index is 0.0238. The summed E-state index contributed by atoms with van der Waals surface area (Å²) in [7, 11) is 0. The SMILES string of the molecule is CCC(=O)C[C@@H](O)/C=C/C=C/C=C\[C@H](C)[C@H](O)[C@@H](C)[C@@H](O)C[C@@H](C)O. The van der Waals surface area contributed by atoms with Crippen LogP contribution in [0.15, 0.2) is 36.5 Å². The molecule has 144 valence electrons. The Morgan fingerprint density at radius 2 is 1.48 bits per heavy atom. The smallest absolute Gasteiger partial charge is 0.135 e. The Morgan fingerprint density at radius 3 is 2.00 bits per heavy atom. The highest BCUT2D eigenvalue weighted by molar-refractivity contribution is 5.78. The van der Waals surface area contributed by atoms with Crippen LogP contribution in [-0.4, -0.2) is 50.6 Å². The normalized spacial score (nSPS) is 20.0. The Labute approximate surface area is 151 Å². The number of carbonyl (C=O) groups excluding carboxylic acids is 1. The molecule has 0 unspecified atom stereocenters. The first kappa shape index (κ1) is 23.7. The van der Waals surface area contributed by atoms with Gasteiger partial charge in [-0.2, -0.15) is 0 Å². The standard InChI is InChI=1S/C20H34O5/c1-5-17(22)13-18(23)11-9-7-6-8-10-14(2)20(25)16(4)19(24)12-15(3)21/h6-11,14-16,18-21,23-25H,5,12-13H2,1-4H3/b7-6+,10-8-,11-9+/t14-,15+,16-,18-,19-,20-/m0/s1. The van der Waals surface area contributed by atoms with Crippen LogP contribution in [0, 0.1) is 11.8 Å². The van der Waals surface area contributed by atoms with Gasteiger partial charge < -0.3 is 20.4 Å². The first-order valence-corrected chi connectivity index (χ1v) is 8.94. The van der Waals surface area contributed by atoms with E-state index >= 15 is 0 Å². The highest BCUT2D eigenvalue weighted by atomic mass is 16.3. The lowest BCUT2D eigenvalue weighted by atomic mass is 9.87. The average molecular weight is 354 g/mol. The van der Waals surface area contributed by atoms with Crippen molar-refractivity contribution in [3.8, 4) is 0 Å². The predicted molar refractivity (Wildman–Crippen MR) is 100.0 cm³/mol. The summed E-state index contributed by atoms with van der Waals surface area (Å²) in [5.41, 5.74) is 0. The molecule has 0 aliphatic carbocycles. The van der Waals surface area contributed by atoms with Crippen molar-refractivity contribution in [1.82, 2.24) is 0 Å². The van der Waals surface area contributed by atoms with E-state index in [0.717, 1.165) is 0 Å². The van der Waals surface area contributed by atoms with Crippen molar-refractivity contribution in [3.05, 3.63) is 36.5 Å². The molecule has 0 aliphatic heterocycles. The number of hydrogen-bond acceptors (Lipinski definition) is 5. The van der Waals surface area contributed by atoms with Crippen molar-refractivity contribution in [3.63, 3.8) is 0 Å².